The Morgan fingerprint density at radius 2 is 1.96 bits per heavy atom. The third kappa shape index (κ3) is 3.95. The average Bonchev–Trinajstić information content (AvgIpc) is 2.85. The number of nitrogens with zero attached hydrogens (tertiary/aromatic N) is 1. The van der Waals surface area contributed by atoms with E-state index < -0.39 is 0 Å². The van der Waals surface area contributed by atoms with Gasteiger partial charge >= 0.3 is 0 Å². The van der Waals surface area contributed by atoms with E-state index in [1.54, 1.807) is 7.11 Å². The molecule has 2 N–H and O–H groups in total. The van der Waals surface area contributed by atoms with E-state index in [0.717, 1.165) is 53.9 Å². The number of carbonyl (C=O) groups excluding carboxylic acids is 1. The van der Waals surface area contributed by atoms with Crippen LogP contribution in [0.2, 0.25) is 0 Å². The van der Waals surface area contributed by atoms with E-state index in [1.807, 2.05) is 26.0 Å². The van der Waals surface area contributed by atoms with E-state index >= 15 is 0 Å². The summed E-state index contributed by atoms with van der Waals surface area (Å²) in [5.74, 6) is 1.10. The number of ether oxygens (including phenoxy) is 1. The lowest BCUT2D eigenvalue weighted by molar-refractivity contribution is 0.1000. The first-order valence-corrected chi connectivity index (χ1v) is 9.48. The van der Waals surface area contributed by atoms with Gasteiger partial charge in [-0.25, -0.2) is 0 Å². The molecule has 1 amide bonds. The molecule has 2 rings (SSSR count). The summed E-state index contributed by atoms with van der Waals surface area (Å²) in [6, 6.07) is 6.08. The van der Waals surface area contributed by atoms with Crippen LogP contribution in [0.25, 0.3) is 11.1 Å². The minimum atomic E-state index is -0.355. The van der Waals surface area contributed by atoms with Crippen LogP contribution >= 0.6 is 0 Å². The number of benzene rings is 1. The Labute approximate surface area is 157 Å². The van der Waals surface area contributed by atoms with E-state index in [9.17, 15) is 4.79 Å². The van der Waals surface area contributed by atoms with Crippen molar-refractivity contribution in [1.29, 1.82) is 0 Å². The molecule has 4 heteroatoms. The molecule has 0 radical (unpaired) electrons. The average molecular weight is 357 g/mol. The van der Waals surface area contributed by atoms with Crippen molar-refractivity contribution >= 4 is 5.91 Å². The summed E-state index contributed by atoms with van der Waals surface area (Å²) >= 11 is 0. The highest BCUT2D eigenvalue weighted by Crippen LogP contribution is 2.36. The highest BCUT2D eigenvalue weighted by atomic mass is 16.5. The minimum absolute atomic E-state index is 0.355. The monoisotopic (exact) mass is 356 g/mol. The van der Waals surface area contributed by atoms with Gasteiger partial charge in [0.05, 0.1) is 12.7 Å². The summed E-state index contributed by atoms with van der Waals surface area (Å²) < 4.78 is 7.69. The summed E-state index contributed by atoms with van der Waals surface area (Å²) in [6.07, 6.45) is 3.02. The molecule has 1 aromatic carbocycles. The Bertz CT molecular complexity index is 788. The maximum atomic E-state index is 12.3. The lowest BCUT2D eigenvalue weighted by Crippen LogP contribution is -2.13. The normalized spacial score (nSPS) is 11.2. The van der Waals surface area contributed by atoms with Crippen molar-refractivity contribution in [2.45, 2.75) is 60.4 Å². The maximum absolute atomic E-state index is 12.3. The minimum Gasteiger partial charge on any atom is -0.496 e. The summed E-state index contributed by atoms with van der Waals surface area (Å²) in [7, 11) is 1.67. The highest BCUT2D eigenvalue weighted by molar-refractivity contribution is 6.02. The molecule has 0 spiro atoms. The van der Waals surface area contributed by atoms with Crippen LogP contribution in [0.4, 0.5) is 0 Å². The van der Waals surface area contributed by atoms with Gasteiger partial charge in [0.25, 0.3) is 5.91 Å². The van der Waals surface area contributed by atoms with E-state index in [1.165, 1.54) is 5.69 Å². The largest absolute Gasteiger partial charge is 0.496 e. The predicted octanol–water partition coefficient (Wildman–Crippen LogP) is 4.88. The molecule has 1 aromatic heterocycles. The third-order valence-electron chi connectivity index (χ3n) is 4.98. The first-order chi connectivity index (χ1) is 12.3. The van der Waals surface area contributed by atoms with Gasteiger partial charge in [-0.1, -0.05) is 33.3 Å². The molecule has 0 fully saturated rings. The molecular weight excluding hydrogens is 324 g/mol. The number of aromatic nitrogens is 1. The molecule has 0 aliphatic carbocycles. The summed E-state index contributed by atoms with van der Waals surface area (Å²) in [6.45, 7) is 11.6. The molecule has 0 saturated heterocycles. The van der Waals surface area contributed by atoms with Crippen molar-refractivity contribution in [1.82, 2.24) is 4.57 Å². The van der Waals surface area contributed by atoms with Crippen LogP contribution in [0.15, 0.2) is 18.2 Å². The summed E-state index contributed by atoms with van der Waals surface area (Å²) in [4.78, 5) is 12.3. The smallest absolute Gasteiger partial charge is 0.251 e. The fourth-order valence-electron chi connectivity index (χ4n) is 3.63. The number of nitrogens with two attached hydrogens (primary N) is 1. The zero-order valence-corrected chi connectivity index (χ0v) is 17.0. The van der Waals surface area contributed by atoms with Crippen LogP contribution in [-0.2, 0) is 13.0 Å². The topological polar surface area (TPSA) is 57.2 Å². The Kier molecular flexibility index (Phi) is 6.52. The van der Waals surface area contributed by atoms with Crippen molar-refractivity contribution < 1.29 is 9.53 Å². The van der Waals surface area contributed by atoms with Crippen molar-refractivity contribution in [2.24, 2.45) is 11.7 Å². The standard InChI is InChI=1S/C22H32N2O2/c1-7-8-18-21(17-9-10-19(26-6)15(4)13-17)20(22(23)25)16(5)24(18)12-11-14(2)3/h9-10,13-14H,7-8,11-12H2,1-6H3,(H2,23,25). The van der Waals surface area contributed by atoms with Gasteiger partial charge in [0.1, 0.15) is 5.75 Å². The van der Waals surface area contributed by atoms with Crippen LogP contribution < -0.4 is 10.5 Å². The number of amides is 1. The van der Waals surface area contributed by atoms with Crippen LogP contribution in [0.5, 0.6) is 5.75 Å². The second kappa shape index (κ2) is 8.43. The SMILES string of the molecule is CCCc1c(-c2ccc(OC)c(C)c2)c(C(N)=O)c(C)n1CCC(C)C. The van der Waals surface area contributed by atoms with Crippen LogP contribution in [0.3, 0.4) is 0 Å². The van der Waals surface area contributed by atoms with E-state index in [2.05, 4.69) is 31.4 Å². The van der Waals surface area contributed by atoms with Crippen LogP contribution in [0, 0.1) is 19.8 Å². The van der Waals surface area contributed by atoms with Gasteiger partial charge < -0.3 is 15.0 Å². The number of rotatable bonds is 8. The molecule has 142 valence electrons. The summed E-state index contributed by atoms with van der Waals surface area (Å²) in [5, 5.41) is 0. The van der Waals surface area contributed by atoms with Crippen molar-refractivity contribution in [3.05, 3.63) is 40.7 Å². The molecule has 0 bridgehead atoms. The van der Waals surface area contributed by atoms with Gasteiger partial charge in [0.15, 0.2) is 0 Å². The Morgan fingerprint density at radius 3 is 2.46 bits per heavy atom. The predicted molar refractivity (Wildman–Crippen MR) is 108 cm³/mol. The van der Waals surface area contributed by atoms with Crippen molar-refractivity contribution in [2.75, 3.05) is 7.11 Å². The molecule has 0 aliphatic heterocycles. The second-order valence-corrected chi connectivity index (χ2v) is 7.41. The first kappa shape index (κ1) is 20.1. The van der Waals surface area contributed by atoms with E-state index in [-0.39, 0.29) is 5.91 Å². The van der Waals surface area contributed by atoms with E-state index in [0.29, 0.717) is 11.5 Å². The Morgan fingerprint density at radius 1 is 1.27 bits per heavy atom. The number of carbonyl (C=O) groups is 1. The lowest BCUT2D eigenvalue weighted by Gasteiger charge is -2.14. The molecule has 0 saturated carbocycles. The van der Waals surface area contributed by atoms with Gasteiger partial charge in [-0.15, -0.1) is 0 Å². The fraction of sp³-hybridized carbons (Fsp3) is 0.500. The number of hydrogen-bond donors (Lipinski definition) is 1. The molecular formula is C22H32N2O2. The number of primary amides is 1. The van der Waals surface area contributed by atoms with Gasteiger partial charge in [0.2, 0.25) is 0 Å². The maximum Gasteiger partial charge on any atom is 0.251 e. The highest BCUT2D eigenvalue weighted by Gasteiger charge is 2.24. The first-order valence-electron chi connectivity index (χ1n) is 9.48. The third-order valence-corrected chi connectivity index (χ3v) is 4.98. The van der Waals surface area contributed by atoms with Gasteiger partial charge in [-0.3, -0.25) is 4.79 Å². The molecule has 4 nitrogen and oxygen atoms in total. The molecule has 1 heterocycles. The quantitative estimate of drug-likeness (QED) is 0.733. The van der Waals surface area contributed by atoms with Gasteiger partial charge in [0, 0.05) is 23.5 Å². The number of aryl methyl sites for hydroxylation is 1. The number of hydrogen-bond acceptors (Lipinski definition) is 2. The lowest BCUT2D eigenvalue weighted by atomic mass is 9.96. The Balaban J connectivity index is 2.71. The van der Waals surface area contributed by atoms with Crippen LogP contribution in [-0.4, -0.2) is 17.6 Å². The van der Waals surface area contributed by atoms with E-state index in [4.69, 9.17) is 10.5 Å². The molecule has 0 unspecified atom stereocenters. The fourth-order valence-corrected chi connectivity index (χ4v) is 3.63. The molecule has 2 aromatic rings. The molecule has 0 atom stereocenters. The molecule has 26 heavy (non-hydrogen) atoms. The zero-order valence-electron chi connectivity index (χ0n) is 17.0. The zero-order chi connectivity index (χ0) is 19.4. The molecule has 0 aliphatic rings. The van der Waals surface area contributed by atoms with Gasteiger partial charge in [-0.2, -0.15) is 0 Å². The van der Waals surface area contributed by atoms with Crippen molar-refractivity contribution in [3.8, 4) is 16.9 Å². The Hall–Kier alpha value is -2.23. The van der Waals surface area contributed by atoms with Gasteiger partial charge in [-0.05, 0) is 55.9 Å². The summed E-state index contributed by atoms with van der Waals surface area (Å²) in [5.41, 5.74) is 11.7. The van der Waals surface area contributed by atoms with Crippen LogP contribution in [0.1, 0.15) is 60.9 Å². The van der Waals surface area contributed by atoms with Crippen molar-refractivity contribution in [3.63, 3.8) is 0 Å². The number of methoxy groups -OCH3 is 1. The second-order valence-electron chi connectivity index (χ2n) is 7.41.